The molecular formula is C25H21BrNOP. The molecule has 4 aromatic rings. The molecule has 0 spiro atoms. The van der Waals surface area contributed by atoms with Gasteiger partial charge in [0.25, 0.3) is 0 Å². The van der Waals surface area contributed by atoms with Gasteiger partial charge in [0, 0.05) is 22.1 Å². The summed E-state index contributed by atoms with van der Waals surface area (Å²) in [7, 11) is -1.14. The topological polar surface area (TPSA) is 20.3 Å². The summed E-state index contributed by atoms with van der Waals surface area (Å²) >= 11 is 3.72. The van der Waals surface area contributed by atoms with Gasteiger partial charge in [0.15, 0.2) is 0 Å². The van der Waals surface area contributed by atoms with Gasteiger partial charge in [-0.15, -0.1) is 0 Å². The Morgan fingerprint density at radius 1 is 0.655 bits per heavy atom. The van der Waals surface area contributed by atoms with E-state index in [-0.39, 0.29) is 0 Å². The molecule has 0 fully saturated rings. The lowest BCUT2D eigenvalue weighted by Gasteiger charge is -2.32. The first-order chi connectivity index (χ1) is 14.1. The molecule has 0 amide bonds. The quantitative estimate of drug-likeness (QED) is 0.317. The molecule has 0 aliphatic carbocycles. The van der Waals surface area contributed by atoms with Crippen LogP contribution < -0.4 is 15.3 Å². The van der Waals surface area contributed by atoms with Gasteiger partial charge in [-0.1, -0.05) is 72.8 Å². The van der Waals surface area contributed by atoms with E-state index < -0.39 is 7.29 Å². The number of anilines is 1. The molecule has 4 rings (SSSR count). The van der Waals surface area contributed by atoms with E-state index in [1.165, 1.54) is 0 Å². The maximum atomic E-state index is 14.5. The van der Waals surface area contributed by atoms with Gasteiger partial charge in [0.05, 0.1) is 5.69 Å². The Labute approximate surface area is 180 Å². The van der Waals surface area contributed by atoms with Crippen molar-refractivity contribution in [3.63, 3.8) is 0 Å². The predicted molar refractivity (Wildman–Crippen MR) is 128 cm³/mol. The van der Waals surface area contributed by atoms with E-state index in [4.69, 9.17) is 0 Å². The van der Waals surface area contributed by atoms with Gasteiger partial charge in [-0.25, -0.2) is 0 Å². The summed E-state index contributed by atoms with van der Waals surface area (Å²) in [5.41, 5.74) is 3.15. The fourth-order valence-electron chi connectivity index (χ4n) is 3.49. The summed E-state index contributed by atoms with van der Waals surface area (Å²) in [4.78, 5) is 0. The van der Waals surface area contributed by atoms with E-state index in [1.54, 1.807) is 0 Å². The van der Waals surface area contributed by atoms with Crippen molar-refractivity contribution < 1.29 is 4.57 Å². The molecule has 0 unspecified atom stereocenters. The fourth-order valence-corrected chi connectivity index (χ4v) is 6.89. The van der Waals surface area contributed by atoms with Gasteiger partial charge in [-0.2, -0.15) is 0 Å². The van der Waals surface area contributed by atoms with Crippen molar-refractivity contribution in [2.45, 2.75) is 0 Å². The fraction of sp³-hybridized carbons (Fsp3) is 0.0400. The van der Waals surface area contributed by atoms with Crippen molar-refractivity contribution >= 4 is 39.5 Å². The highest BCUT2D eigenvalue weighted by molar-refractivity contribution is 9.10. The minimum atomic E-state index is -3.05. The zero-order valence-electron chi connectivity index (χ0n) is 16.1. The zero-order chi connectivity index (χ0) is 20.3. The lowest BCUT2D eigenvalue weighted by Crippen LogP contribution is -2.29. The first-order valence-corrected chi connectivity index (χ1v) is 11.9. The van der Waals surface area contributed by atoms with Crippen LogP contribution in [-0.4, -0.2) is 7.05 Å². The molecule has 0 atom stereocenters. The number of hydrogen-bond donors (Lipinski definition) is 0. The zero-order valence-corrected chi connectivity index (χ0v) is 18.6. The summed E-state index contributed by atoms with van der Waals surface area (Å²) in [5, 5.41) is 1.63. The molecule has 4 aromatic carbocycles. The van der Waals surface area contributed by atoms with E-state index in [0.717, 1.165) is 31.9 Å². The van der Waals surface area contributed by atoms with Crippen molar-refractivity contribution in [1.82, 2.24) is 0 Å². The van der Waals surface area contributed by atoms with Crippen LogP contribution in [0.15, 0.2) is 114 Å². The lowest BCUT2D eigenvalue weighted by molar-refractivity contribution is 0.586. The van der Waals surface area contributed by atoms with Crippen LogP contribution in [0.5, 0.6) is 0 Å². The second kappa shape index (κ2) is 8.41. The highest BCUT2D eigenvalue weighted by Gasteiger charge is 2.33. The molecule has 4 heteroatoms. The van der Waals surface area contributed by atoms with Crippen LogP contribution in [-0.2, 0) is 4.57 Å². The van der Waals surface area contributed by atoms with E-state index in [1.807, 2.05) is 96.6 Å². The van der Waals surface area contributed by atoms with Crippen molar-refractivity contribution in [3.8, 4) is 11.1 Å². The Kier molecular flexibility index (Phi) is 5.71. The molecule has 144 valence electrons. The van der Waals surface area contributed by atoms with E-state index in [0.29, 0.717) is 0 Å². The van der Waals surface area contributed by atoms with Crippen molar-refractivity contribution in [3.05, 3.63) is 114 Å². The highest BCUT2D eigenvalue weighted by atomic mass is 79.9. The largest absolute Gasteiger partial charge is 0.318 e. The predicted octanol–water partition coefficient (Wildman–Crippen LogP) is 6.48. The van der Waals surface area contributed by atoms with Gasteiger partial charge in [-0.3, -0.25) is 4.57 Å². The van der Waals surface area contributed by atoms with E-state index in [9.17, 15) is 4.57 Å². The molecule has 0 aromatic heterocycles. The van der Waals surface area contributed by atoms with Crippen LogP contribution in [0.3, 0.4) is 0 Å². The molecule has 0 radical (unpaired) electrons. The van der Waals surface area contributed by atoms with Gasteiger partial charge in [0.2, 0.25) is 7.29 Å². The average molecular weight is 462 g/mol. The molecule has 0 bridgehead atoms. The molecule has 29 heavy (non-hydrogen) atoms. The first-order valence-electron chi connectivity index (χ1n) is 9.41. The summed E-state index contributed by atoms with van der Waals surface area (Å²) in [5.74, 6) is 0. The van der Waals surface area contributed by atoms with Crippen LogP contribution in [0.2, 0.25) is 0 Å². The Bertz CT molecular complexity index is 1100. The number of hydrogen-bond acceptors (Lipinski definition) is 1. The third-order valence-electron chi connectivity index (χ3n) is 5.04. The summed E-state index contributed by atoms with van der Waals surface area (Å²) in [6, 6.07) is 35.8. The molecule has 0 aliphatic heterocycles. The van der Waals surface area contributed by atoms with E-state index in [2.05, 4.69) is 40.2 Å². The molecule has 0 N–H and O–H groups in total. The third-order valence-corrected chi connectivity index (χ3v) is 8.73. The van der Waals surface area contributed by atoms with Gasteiger partial charge in [0.1, 0.15) is 0 Å². The summed E-state index contributed by atoms with van der Waals surface area (Å²) < 4.78 is 17.4. The maximum absolute atomic E-state index is 14.5. The number of nitrogens with zero attached hydrogens (tertiary/aromatic N) is 1. The molecule has 2 nitrogen and oxygen atoms in total. The Hall–Kier alpha value is -2.61. The van der Waals surface area contributed by atoms with Gasteiger partial charge in [-0.05, 0) is 63.5 Å². The van der Waals surface area contributed by atoms with Crippen LogP contribution >= 0.6 is 23.2 Å². The molecule has 0 saturated carbocycles. The van der Waals surface area contributed by atoms with Gasteiger partial charge >= 0.3 is 0 Å². The SMILES string of the molecule is CN(c1ccc(-c2ccccc2)cc1Br)P(=O)(c1ccccc1)c1ccccc1. The standard InChI is InChI=1S/C25H21BrNOP/c1-27(25-18-17-21(19-24(25)26)20-11-5-2-6-12-20)29(28,22-13-7-3-8-14-22)23-15-9-4-10-16-23/h2-19H,1H3. The first kappa shape index (κ1) is 19.7. The number of rotatable bonds is 5. The summed E-state index contributed by atoms with van der Waals surface area (Å²) in [6.07, 6.45) is 0. The van der Waals surface area contributed by atoms with Crippen molar-refractivity contribution in [2.24, 2.45) is 0 Å². The Morgan fingerprint density at radius 3 is 1.62 bits per heavy atom. The molecule has 0 heterocycles. The van der Waals surface area contributed by atoms with E-state index >= 15 is 0 Å². The second-order valence-electron chi connectivity index (χ2n) is 6.80. The third kappa shape index (κ3) is 3.81. The van der Waals surface area contributed by atoms with Crippen molar-refractivity contribution in [1.29, 1.82) is 0 Å². The van der Waals surface area contributed by atoms with Crippen LogP contribution in [0, 0.1) is 0 Å². The van der Waals surface area contributed by atoms with Crippen molar-refractivity contribution in [2.75, 3.05) is 11.7 Å². The molecule has 0 saturated heterocycles. The van der Waals surface area contributed by atoms with Crippen LogP contribution in [0.4, 0.5) is 5.69 Å². The van der Waals surface area contributed by atoms with Crippen LogP contribution in [0.25, 0.3) is 11.1 Å². The Morgan fingerprint density at radius 2 is 1.14 bits per heavy atom. The minimum absolute atomic E-state index is 0.813. The lowest BCUT2D eigenvalue weighted by atomic mass is 10.1. The smallest absolute Gasteiger partial charge is 0.229 e. The van der Waals surface area contributed by atoms with Gasteiger partial charge < -0.3 is 4.67 Å². The number of halogens is 1. The Balaban J connectivity index is 1.82. The normalized spacial score (nSPS) is 11.2. The minimum Gasteiger partial charge on any atom is -0.318 e. The second-order valence-corrected chi connectivity index (χ2v) is 10.4. The maximum Gasteiger partial charge on any atom is 0.229 e. The number of benzene rings is 4. The van der Waals surface area contributed by atoms with Crippen LogP contribution in [0.1, 0.15) is 0 Å². The average Bonchev–Trinajstić information content (AvgIpc) is 2.80. The highest BCUT2D eigenvalue weighted by Crippen LogP contribution is 2.50. The monoisotopic (exact) mass is 461 g/mol. The molecular weight excluding hydrogens is 441 g/mol. The molecule has 0 aliphatic rings. The summed E-state index contributed by atoms with van der Waals surface area (Å²) in [6.45, 7) is 0.